The van der Waals surface area contributed by atoms with Gasteiger partial charge in [0.25, 0.3) is 0 Å². The van der Waals surface area contributed by atoms with Crippen LogP contribution >= 0.6 is 0 Å². The number of carbonyl (C=O) groups excluding carboxylic acids is 8. The van der Waals surface area contributed by atoms with Gasteiger partial charge in [0.2, 0.25) is 0 Å². The minimum Gasteiger partial charge on any atom is -0.478 e. The molecular weight excluding hydrogens is 1440 g/mol. The van der Waals surface area contributed by atoms with Crippen LogP contribution in [0, 0.1) is 39.5 Å². The van der Waals surface area contributed by atoms with Gasteiger partial charge in [-0.1, -0.05) is 302 Å². The van der Waals surface area contributed by atoms with Crippen molar-refractivity contribution in [1.82, 2.24) is 4.90 Å². The fourth-order valence-corrected chi connectivity index (χ4v) is 14.4. The van der Waals surface area contributed by atoms with Crippen molar-refractivity contribution in [3.05, 3.63) is 94.1 Å². The van der Waals surface area contributed by atoms with Gasteiger partial charge in [0, 0.05) is 68.7 Å². The Balaban J connectivity index is 0.000000803. The van der Waals surface area contributed by atoms with Crippen molar-refractivity contribution >= 4 is 59.3 Å². The van der Waals surface area contributed by atoms with Crippen molar-refractivity contribution in [3.63, 3.8) is 0 Å². The molecule has 1 aliphatic heterocycles. The molecule has 4 rings (SSSR count). The van der Waals surface area contributed by atoms with Crippen molar-refractivity contribution in [3.8, 4) is 0 Å². The Morgan fingerprint density at radius 3 is 0.930 bits per heavy atom. The van der Waals surface area contributed by atoms with E-state index < -0.39 is 60.0 Å². The Hall–Kier alpha value is -7.02. The van der Waals surface area contributed by atoms with Gasteiger partial charge in [0.15, 0.2) is 18.0 Å². The third kappa shape index (κ3) is 57.1. The lowest BCUT2D eigenvalue weighted by molar-refractivity contribution is -0.164. The molecule has 3 unspecified atom stereocenters. The second-order valence-corrected chi connectivity index (χ2v) is 31.9. The van der Waals surface area contributed by atoms with E-state index in [1.165, 1.54) is 220 Å². The van der Waals surface area contributed by atoms with Crippen LogP contribution in [-0.2, 0) is 89.2 Å². The SMILES string of the molecule is CCCCCCCCCCCC(=O)OCC(COC(=O)CCCCCCCCCCC)OC(=O)/C=C/C(=O)O.CCCCCCCCCCCC(=O)OCC(COC(=O)CCCCCCCCCCC)OC(=O)/C=C/C(=O)O.Cc1cccc(C)c1CC(=O)C1CCCCC1C.Cc1cccc(C)c1CC(=O)C1CCCCN1C. The quantitative estimate of drug-likeness (QED) is 0.0270. The van der Waals surface area contributed by atoms with E-state index in [9.17, 15) is 47.9 Å². The fraction of sp³-hybridized carbons (Fsp3) is 0.726. The number of benzene rings is 2. The first-order chi connectivity index (χ1) is 55.0. The van der Waals surface area contributed by atoms with Crippen molar-refractivity contribution in [2.75, 3.05) is 40.0 Å². The maximum absolute atomic E-state index is 12.5. The van der Waals surface area contributed by atoms with E-state index in [0.29, 0.717) is 48.4 Å². The number of aryl methyl sites for hydroxylation is 4. The van der Waals surface area contributed by atoms with Crippen molar-refractivity contribution < 1.29 is 86.6 Å². The lowest BCUT2D eigenvalue weighted by Gasteiger charge is -2.31. The van der Waals surface area contributed by atoms with Crippen molar-refractivity contribution in [2.24, 2.45) is 11.8 Å². The normalized spacial score (nSPS) is 14.7. The average Bonchev–Trinajstić information content (AvgIpc) is 0.844. The van der Waals surface area contributed by atoms with Crippen LogP contribution in [0.5, 0.6) is 0 Å². The van der Waals surface area contributed by atoms with E-state index in [1.54, 1.807) is 0 Å². The maximum atomic E-state index is 12.5. The number of carbonyl (C=O) groups is 10. The highest BCUT2D eigenvalue weighted by Crippen LogP contribution is 2.32. The summed E-state index contributed by atoms with van der Waals surface area (Å²) in [5.74, 6) is -4.28. The number of esters is 6. The number of aliphatic carboxylic acids is 2. The number of ketones is 2. The number of ether oxygens (including phenoxy) is 6. The Kier molecular flexibility index (Phi) is 64.7. The summed E-state index contributed by atoms with van der Waals surface area (Å²) >= 11 is 0. The zero-order valence-corrected chi connectivity index (χ0v) is 72.7. The lowest BCUT2D eigenvalue weighted by Crippen LogP contribution is -2.42. The number of nitrogens with zero attached hydrogens (tertiary/aromatic N) is 1. The maximum Gasteiger partial charge on any atom is 0.331 e. The Morgan fingerprint density at radius 1 is 0.377 bits per heavy atom. The second kappa shape index (κ2) is 70.2. The number of Topliss-reactive ketones (excluding diaryl/α,β-unsaturated/α-hetero) is 2. The van der Waals surface area contributed by atoms with Gasteiger partial charge in [-0.15, -0.1) is 0 Å². The molecule has 0 bridgehead atoms. The summed E-state index contributed by atoms with van der Waals surface area (Å²) in [6, 6.07) is 12.7. The summed E-state index contributed by atoms with van der Waals surface area (Å²) in [7, 11) is 2.08. The van der Waals surface area contributed by atoms with Crippen LogP contribution in [0.3, 0.4) is 0 Å². The van der Waals surface area contributed by atoms with Crippen LogP contribution in [0.15, 0.2) is 60.7 Å². The van der Waals surface area contributed by atoms with Crippen molar-refractivity contribution in [2.45, 2.75) is 395 Å². The van der Waals surface area contributed by atoms with E-state index in [4.69, 9.17) is 38.6 Å². The van der Waals surface area contributed by atoms with Gasteiger partial charge >= 0.3 is 47.8 Å². The molecule has 19 heteroatoms. The highest BCUT2D eigenvalue weighted by Gasteiger charge is 2.29. The van der Waals surface area contributed by atoms with E-state index in [-0.39, 0.29) is 58.2 Å². The summed E-state index contributed by atoms with van der Waals surface area (Å²) < 4.78 is 31.3. The zero-order valence-electron chi connectivity index (χ0n) is 72.7. The monoisotopic (exact) mass is 1600 g/mol. The zero-order chi connectivity index (χ0) is 84.2. The minimum absolute atomic E-state index is 0.137. The first kappa shape index (κ1) is 105. The number of hydrogen-bond acceptors (Lipinski definition) is 17. The Labute approximate surface area is 688 Å². The topological polar surface area (TPSA) is 270 Å². The van der Waals surface area contributed by atoms with Gasteiger partial charge in [-0.05, 0) is 126 Å². The number of hydrogen-bond donors (Lipinski definition) is 2. The number of carboxylic acid groups (broad SMARTS) is 2. The predicted molar refractivity (Wildman–Crippen MR) is 455 cm³/mol. The molecule has 2 aromatic carbocycles. The van der Waals surface area contributed by atoms with E-state index >= 15 is 0 Å². The molecule has 114 heavy (non-hydrogen) atoms. The van der Waals surface area contributed by atoms with Gasteiger partial charge < -0.3 is 38.6 Å². The number of unbranched alkanes of at least 4 members (excludes halogenated alkanes) is 32. The molecule has 19 nitrogen and oxygen atoms in total. The highest BCUT2D eigenvalue weighted by molar-refractivity contribution is 5.91. The third-order valence-electron chi connectivity index (χ3n) is 21.6. The van der Waals surface area contributed by atoms with Crippen LogP contribution in [0.4, 0.5) is 0 Å². The van der Waals surface area contributed by atoms with E-state index in [2.05, 4.69) is 111 Å². The summed E-state index contributed by atoms with van der Waals surface area (Å²) in [5, 5.41) is 17.4. The molecule has 0 radical (unpaired) electrons. The number of likely N-dealkylation sites (N-methyl/N-ethyl adjacent to an activating group) is 1. The molecular formula is C95H155NO18. The second-order valence-electron chi connectivity index (χ2n) is 31.9. The standard InChI is InChI=1S/2C31H54O8.C17H24O.C16H23NO/c2*1-3-5-7-9-11-13-15-17-19-21-29(34)37-25-27(39-31(36)24-23-28(32)33)26-38-30(35)22-20-18-16-14-12-10-8-6-4-2;1-12-7-4-5-10-15(12)17(18)11-16-13(2)8-6-9-14(16)3;1-12-7-6-8-13(2)14(12)11-16(18)15-9-4-5-10-17(15)3/h2*23-24,27H,3-22,25-26H2,1-2H3,(H,32,33);6,8-9,12,15H,4-5,7,10-11H2,1-3H3;6-8,15H,4-5,9-11H2,1-3H3/b2*24-23+;;. The molecule has 0 aromatic heterocycles. The molecule has 2 aliphatic rings. The highest BCUT2D eigenvalue weighted by atomic mass is 16.6. The summed E-state index contributed by atoms with van der Waals surface area (Å²) in [4.78, 5) is 121. The predicted octanol–water partition coefficient (Wildman–Crippen LogP) is 22.1. The van der Waals surface area contributed by atoms with Crippen LogP contribution < -0.4 is 0 Å². The Bertz CT molecular complexity index is 2690. The van der Waals surface area contributed by atoms with Crippen LogP contribution in [-0.4, -0.2) is 133 Å². The molecule has 1 aliphatic carbocycles. The van der Waals surface area contributed by atoms with Crippen LogP contribution in [0.25, 0.3) is 0 Å². The summed E-state index contributed by atoms with van der Waals surface area (Å²) in [5.41, 5.74) is 7.46. The van der Waals surface area contributed by atoms with Gasteiger partial charge in [0.1, 0.15) is 32.2 Å². The number of likely N-dealkylation sites (tertiary alicyclic amines) is 1. The Morgan fingerprint density at radius 2 is 0.649 bits per heavy atom. The van der Waals surface area contributed by atoms with Gasteiger partial charge in [0.05, 0.1) is 6.04 Å². The van der Waals surface area contributed by atoms with E-state index in [1.807, 2.05) is 0 Å². The largest absolute Gasteiger partial charge is 0.478 e. The lowest BCUT2D eigenvalue weighted by atomic mass is 9.76. The summed E-state index contributed by atoms with van der Waals surface area (Å²) in [6.45, 7) is 19.5. The van der Waals surface area contributed by atoms with Gasteiger partial charge in [-0.2, -0.15) is 0 Å². The first-order valence-electron chi connectivity index (χ1n) is 44.7. The molecule has 2 fully saturated rings. The molecule has 2 aromatic rings. The number of carboxylic acids is 2. The third-order valence-corrected chi connectivity index (χ3v) is 21.6. The van der Waals surface area contributed by atoms with Crippen molar-refractivity contribution in [1.29, 1.82) is 0 Å². The van der Waals surface area contributed by atoms with E-state index in [0.717, 1.165) is 109 Å². The van der Waals surface area contributed by atoms with Crippen LogP contribution in [0.1, 0.15) is 370 Å². The molecule has 0 amide bonds. The molecule has 2 N–H and O–H groups in total. The van der Waals surface area contributed by atoms with Crippen LogP contribution in [0.2, 0.25) is 0 Å². The summed E-state index contributed by atoms with van der Waals surface area (Å²) in [6.07, 6.45) is 52.5. The molecule has 1 saturated heterocycles. The average molecular weight is 1600 g/mol. The number of rotatable bonds is 60. The smallest absolute Gasteiger partial charge is 0.331 e. The molecule has 1 heterocycles. The fourth-order valence-electron chi connectivity index (χ4n) is 14.4. The molecule has 1 saturated carbocycles. The van der Waals surface area contributed by atoms with Gasteiger partial charge in [-0.3, -0.25) is 33.7 Å². The van der Waals surface area contributed by atoms with Gasteiger partial charge in [-0.25, -0.2) is 19.2 Å². The molecule has 3 atom stereocenters. The minimum atomic E-state index is -1.29. The first-order valence-corrected chi connectivity index (χ1v) is 44.7. The molecule has 648 valence electrons. The number of piperidine rings is 1. The molecule has 0 spiro atoms.